The van der Waals surface area contributed by atoms with Gasteiger partial charge in [0.2, 0.25) is 11.8 Å². The summed E-state index contributed by atoms with van der Waals surface area (Å²) in [6.07, 6.45) is 0.703. The molecule has 8 aromatic carbocycles. The lowest BCUT2D eigenvalue weighted by Crippen LogP contribution is -2.42. The second-order valence-electron chi connectivity index (χ2n) is 23.9. The summed E-state index contributed by atoms with van der Waals surface area (Å²) in [7, 11) is 0. The quantitative estimate of drug-likeness (QED) is 0.0864. The maximum absolute atomic E-state index is 10.4. The number of halogens is 3. The second-order valence-corrected chi connectivity index (χ2v) is 26.4. The molecule has 5 nitrogen and oxygen atoms in total. The summed E-state index contributed by atoms with van der Waals surface area (Å²) in [5, 5.41) is 0. The lowest BCUT2D eigenvalue weighted by molar-refractivity contribution is -0.131. The normalized spacial score (nSPS) is 18.7. The zero-order chi connectivity index (χ0) is 56.2. The van der Waals surface area contributed by atoms with Crippen molar-refractivity contribution in [1.29, 1.82) is 0 Å². The van der Waals surface area contributed by atoms with E-state index in [-0.39, 0.29) is 44.3 Å². The molecular weight excluding hydrogens is 1150 g/mol. The summed E-state index contributed by atoms with van der Waals surface area (Å²) >= 11 is 10.0. The molecule has 2 amide bonds. The van der Waals surface area contributed by atoms with Crippen LogP contribution in [0.3, 0.4) is 0 Å². The highest BCUT2D eigenvalue weighted by atomic mass is 79.9. The van der Waals surface area contributed by atoms with Crippen LogP contribution in [0, 0.1) is 17.8 Å². The van der Waals surface area contributed by atoms with Crippen LogP contribution in [-0.2, 0) is 31.2 Å². The van der Waals surface area contributed by atoms with E-state index in [4.69, 9.17) is 6.92 Å². The van der Waals surface area contributed by atoms with Crippen molar-refractivity contribution in [2.75, 3.05) is 9.80 Å². The maximum Gasteiger partial charge on any atom is 0.239 e. The number of fused-ring (bicyclic) bond motifs is 2. The molecule has 1 aliphatic heterocycles. The van der Waals surface area contributed by atoms with Gasteiger partial charge in [-0.05, 0) is 141 Å². The van der Waals surface area contributed by atoms with Crippen molar-refractivity contribution >= 4 is 93.9 Å². The first-order valence-electron chi connectivity index (χ1n) is 26.9. The zero-order valence-corrected chi connectivity index (χ0v) is 51.6. The summed E-state index contributed by atoms with van der Waals surface area (Å²) in [5.74, 6) is -0.287. The van der Waals surface area contributed by atoms with E-state index < -0.39 is 0 Å². The van der Waals surface area contributed by atoms with Crippen LogP contribution in [0.25, 0.3) is 22.3 Å². The van der Waals surface area contributed by atoms with E-state index in [1.807, 2.05) is 0 Å². The fourth-order valence-corrected chi connectivity index (χ4v) is 12.8. The molecule has 1 saturated heterocycles. The van der Waals surface area contributed by atoms with Gasteiger partial charge in [-0.3, -0.25) is 9.59 Å². The van der Waals surface area contributed by atoms with Gasteiger partial charge in [-0.2, -0.15) is 0 Å². The van der Waals surface area contributed by atoms with Crippen LogP contribution in [0.1, 0.15) is 111 Å². The highest BCUT2D eigenvalue weighted by Gasteiger charge is 2.62. The number of para-hydroxylation sites is 4. The van der Waals surface area contributed by atoms with Crippen LogP contribution in [0.5, 0.6) is 0 Å². The van der Waals surface area contributed by atoms with Crippen LogP contribution in [0.2, 0.25) is 0 Å². The predicted octanol–water partition coefficient (Wildman–Crippen LogP) is 20.6. The maximum atomic E-state index is 10.4. The Balaban J connectivity index is 0.000000166. The highest BCUT2D eigenvalue weighted by molar-refractivity contribution is 9.10. The third kappa shape index (κ3) is 9.89. The minimum absolute atomic E-state index is 0.00396. The van der Waals surface area contributed by atoms with Crippen molar-refractivity contribution in [3.8, 4) is 22.3 Å². The Kier molecular flexibility index (Phi) is 15.6. The molecule has 0 aromatic heterocycles. The number of imide groups is 1. The van der Waals surface area contributed by atoms with Gasteiger partial charge in [0.25, 0.3) is 0 Å². The first-order valence-corrected chi connectivity index (χ1v) is 29.2. The van der Waals surface area contributed by atoms with E-state index in [0.29, 0.717) is 12.8 Å². The number of carbonyl (C=O) groups excluding carboxylic acids is 2. The van der Waals surface area contributed by atoms with Gasteiger partial charge < -0.3 is 9.80 Å². The van der Waals surface area contributed by atoms with E-state index in [9.17, 15) is 9.59 Å². The Hall–Kier alpha value is -6.19. The van der Waals surface area contributed by atoms with Gasteiger partial charge in [-0.1, -0.05) is 210 Å². The number of rotatable bonds is 8. The Morgan fingerprint density at radius 3 is 1.10 bits per heavy atom. The molecule has 11 rings (SSSR count). The summed E-state index contributed by atoms with van der Waals surface area (Å²) in [6.45, 7) is 30.9. The van der Waals surface area contributed by atoms with E-state index in [0.717, 1.165) is 41.3 Å². The first-order chi connectivity index (χ1) is 36.8. The summed E-state index contributed by atoms with van der Waals surface area (Å²) in [4.78, 5) is 25.6. The number of amides is 2. The molecule has 0 N–H and O–H groups in total. The van der Waals surface area contributed by atoms with E-state index >= 15 is 0 Å². The first kappa shape index (κ1) is 56.5. The Labute approximate surface area is 489 Å². The van der Waals surface area contributed by atoms with Gasteiger partial charge in [0.15, 0.2) is 0 Å². The molecule has 0 saturated carbocycles. The molecule has 8 aromatic rings. The summed E-state index contributed by atoms with van der Waals surface area (Å²) < 4.78 is 3.12. The average Bonchev–Trinajstić information content (AvgIpc) is 4.08. The standard InChI is InChI=1S/C33H33Br2N.C33H34N.C4H4BrNO2/c1-31(2)28-20-11-22(21-29(28)32(3,4)33(31,5)6)27-9-7-8-10-30(27)36(25-16-12-23(34)13-17-25)26-18-14-24(35)15-19-26;1-31(2)28-22-21-24(23-29(28)32(3,4)33(31,5)6)27-19-13-14-20-30(27)34(25-15-9-7-10-16-25)26-17-11-8-12-18-26;5-6-3(7)1-2-4(6)8/h7-21H,1-6H3;7-23H,5H2,1-4,6H3;1-2H2/q;+1;. The van der Waals surface area contributed by atoms with Crippen molar-refractivity contribution < 1.29 is 9.59 Å². The molecule has 2 aliphatic carbocycles. The third-order valence-electron chi connectivity index (χ3n) is 18.7. The molecule has 0 spiro atoms. The Bertz CT molecular complexity index is 3390. The largest absolute Gasteiger partial charge is 0.310 e. The molecular formula is C70H71Br3N3O2+. The zero-order valence-electron chi connectivity index (χ0n) is 46.9. The number of carbonyl (C=O) groups is 2. The number of anilines is 6. The topological polar surface area (TPSA) is 43.9 Å². The summed E-state index contributed by atoms with van der Waals surface area (Å²) in [5.41, 5.74) is 17.8. The molecule has 0 bridgehead atoms. The van der Waals surface area contributed by atoms with Crippen molar-refractivity contribution in [3.05, 3.63) is 232 Å². The van der Waals surface area contributed by atoms with Gasteiger partial charge in [0.1, 0.15) is 5.41 Å². The van der Waals surface area contributed by atoms with Crippen molar-refractivity contribution in [2.45, 2.75) is 111 Å². The lowest BCUT2D eigenvalue weighted by atomic mass is 9.59. The van der Waals surface area contributed by atoms with Crippen LogP contribution >= 0.6 is 48.0 Å². The van der Waals surface area contributed by atoms with Crippen LogP contribution < -0.4 is 9.80 Å². The fraction of sp³-hybridized carbons (Fsp3) is 0.271. The number of nitrogens with zero attached hydrogens (tertiary/aromatic N) is 3. The Morgan fingerprint density at radius 2 is 0.718 bits per heavy atom. The van der Waals surface area contributed by atoms with Crippen molar-refractivity contribution in [3.63, 3.8) is 0 Å². The third-order valence-corrected chi connectivity index (χ3v) is 20.6. The van der Waals surface area contributed by atoms with E-state index in [1.54, 1.807) is 0 Å². The van der Waals surface area contributed by atoms with Gasteiger partial charge in [0.05, 0.1) is 34.4 Å². The minimum Gasteiger partial charge on any atom is -0.310 e. The van der Waals surface area contributed by atoms with Gasteiger partial charge in [0, 0.05) is 66.5 Å². The number of benzene rings is 8. The molecule has 3 aliphatic rings. The minimum atomic E-state index is -0.144. The summed E-state index contributed by atoms with van der Waals surface area (Å²) in [6, 6.07) is 70.0. The van der Waals surface area contributed by atoms with E-state index in [1.165, 1.54) is 50.2 Å². The molecule has 1 atom stereocenters. The Morgan fingerprint density at radius 1 is 0.397 bits per heavy atom. The highest BCUT2D eigenvalue weighted by Crippen LogP contribution is 2.63. The second kappa shape index (κ2) is 21.5. The fourth-order valence-electron chi connectivity index (χ4n) is 11.9. The molecule has 398 valence electrons. The van der Waals surface area contributed by atoms with Crippen molar-refractivity contribution in [1.82, 2.24) is 3.93 Å². The van der Waals surface area contributed by atoms with Crippen LogP contribution in [0.15, 0.2) is 203 Å². The predicted molar refractivity (Wildman–Crippen MR) is 338 cm³/mol. The number of hydrogen-bond donors (Lipinski definition) is 0. The van der Waals surface area contributed by atoms with Crippen LogP contribution in [0.4, 0.5) is 34.1 Å². The van der Waals surface area contributed by atoms with Gasteiger partial charge in [-0.25, -0.2) is 3.93 Å². The van der Waals surface area contributed by atoms with Crippen molar-refractivity contribution in [2.24, 2.45) is 10.8 Å². The monoisotopic (exact) mass is 1220 g/mol. The lowest BCUT2D eigenvalue weighted by Gasteiger charge is -2.44. The van der Waals surface area contributed by atoms with Crippen LogP contribution in [-0.4, -0.2) is 15.7 Å². The van der Waals surface area contributed by atoms with Gasteiger partial charge >= 0.3 is 0 Å². The van der Waals surface area contributed by atoms with E-state index in [2.05, 4.69) is 328 Å². The van der Waals surface area contributed by atoms with Gasteiger partial charge in [-0.15, -0.1) is 0 Å². The molecule has 1 heterocycles. The molecule has 1 fully saturated rings. The SMILES string of the molecule is CC1(C)c2ccc(-c3ccccc3N(c3ccc(Br)cc3)c3ccc(Br)cc3)cc2C(C)(C)C1(C)C.O=C1CCC(=O)N1Br.[CH2+]C1(C)C(C)(C)c2ccc(-c3ccccc3N(c3ccccc3)c3ccccc3)cc2C1(C)C. The number of hydrogen-bond acceptors (Lipinski definition) is 4. The smallest absolute Gasteiger partial charge is 0.239 e. The molecule has 1 unspecified atom stereocenters. The average molecular weight is 1230 g/mol. The molecule has 0 radical (unpaired) electrons. The molecule has 8 heteroatoms. The molecule has 78 heavy (non-hydrogen) atoms.